The van der Waals surface area contributed by atoms with Crippen molar-refractivity contribution in [1.29, 1.82) is 0 Å². The predicted octanol–water partition coefficient (Wildman–Crippen LogP) is 5.32. The van der Waals surface area contributed by atoms with Crippen molar-refractivity contribution in [1.82, 2.24) is 4.98 Å². The number of carbonyl (C=O) groups is 2. The highest BCUT2D eigenvalue weighted by Gasteiger charge is 2.15. The van der Waals surface area contributed by atoms with E-state index in [4.69, 9.17) is 10.7 Å². The first-order chi connectivity index (χ1) is 14.4. The lowest BCUT2D eigenvalue weighted by molar-refractivity contribution is 0.0998. The van der Waals surface area contributed by atoms with Crippen molar-refractivity contribution < 1.29 is 9.59 Å². The molecule has 0 unspecified atom stereocenters. The van der Waals surface area contributed by atoms with E-state index in [1.165, 1.54) is 0 Å². The molecule has 1 aromatic heterocycles. The number of hydrogen-bond donors (Lipinski definition) is 2. The minimum absolute atomic E-state index is 0.263. The second-order valence-corrected chi connectivity index (χ2v) is 7.89. The molecule has 0 saturated carbocycles. The number of pyridine rings is 1. The average Bonchev–Trinajstić information content (AvgIpc) is 2.74. The number of primary amides is 1. The quantitative estimate of drug-likeness (QED) is 0.432. The van der Waals surface area contributed by atoms with E-state index < -0.39 is 5.91 Å². The van der Waals surface area contributed by atoms with E-state index in [-0.39, 0.29) is 5.91 Å². The molecule has 0 aliphatic heterocycles. The molecule has 3 N–H and O–H groups in total. The maximum atomic E-state index is 13.1. The van der Waals surface area contributed by atoms with Crippen molar-refractivity contribution >= 4 is 44.3 Å². The molecule has 4 rings (SSSR count). The van der Waals surface area contributed by atoms with Crippen molar-refractivity contribution in [3.05, 3.63) is 94.0 Å². The monoisotopic (exact) mass is 459 g/mol. The summed E-state index contributed by atoms with van der Waals surface area (Å²) in [4.78, 5) is 29.1. The summed E-state index contributed by atoms with van der Waals surface area (Å²) in [7, 11) is 0. The molecular weight excluding hydrogens is 442 g/mol. The van der Waals surface area contributed by atoms with Gasteiger partial charge in [0.15, 0.2) is 0 Å². The smallest absolute Gasteiger partial charge is 0.256 e. The van der Waals surface area contributed by atoms with E-state index >= 15 is 0 Å². The Morgan fingerprint density at radius 2 is 1.63 bits per heavy atom. The Hall–Kier alpha value is -3.51. The fraction of sp³-hybridized carbons (Fsp3) is 0.0417. The summed E-state index contributed by atoms with van der Waals surface area (Å²) in [5.41, 5.74) is 10.3. The Labute approximate surface area is 182 Å². The van der Waals surface area contributed by atoms with Gasteiger partial charge in [-0.05, 0) is 55.5 Å². The molecule has 30 heavy (non-hydrogen) atoms. The van der Waals surface area contributed by atoms with Crippen LogP contribution >= 0.6 is 15.9 Å². The number of anilines is 1. The van der Waals surface area contributed by atoms with Crippen molar-refractivity contribution in [3.63, 3.8) is 0 Å². The summed E-state index contributed by atoms with van der Waals surface area (Å²) in [6.45, 7) is 2.03. The van der Waals surface area contributed by atoms with Crippen molar-refractivity contribution in [2.75, 3.05) is 5.32 Å². The first-order valence-electron chi connectivity index (χ1n) is 9.29. The molecule has 0 radical (unpaired) electrons. The Bertz CT molecular complexity index is 1270. The van der Waals surface area contributed by atoms with Gasteiger partial charge < -0.3 is 11.1 Å². The number of carbonyl (C=O) groups excluding carboxylic acids is 2. The Morgan fingerprint density at radius 1 is 0.933 bits per heavy atom. The molecule has 0 aliphatic carbocycles. The molecule has 1 heterocycles. The molecule has 6 heteroatoms. The summed E-state index contributed by atoms with van der Waals surface area (Å²) in [6.07, 6.45) is 0. The van der Waals surface area contributed by atoms with Crippen LogP contribution in [-0.4, -0.2) is 16.8 Å². The molecule has 0 aliphatic rings. The molecule has 3 aromatic carbocycles. The lowest BCUT2D eigenvalue weighted by Gasteiger charge is -2.11. The number of fused-ring (bicyclic) bond motifs is 1. The third kappa shape index (κ3) is 4.09. The highest BCUT2D eigenvalue weighted by atomic mass is 79.9. The summed E-state index contributed by atoms with van der Waals surface area (Å²) >= 11 is 3.47. The SMILES string of the molecule is Cc1ccc(-c2cc(C(=O)Nc3ccc(C(N)=O)cc3)c3cc(Br)ccc3n2)cc1. The van der Waals surface area contributed by atoms with Crippen LogP contribution in [0.1, 0.15) is 26.3 Å². The summed E-state index contributed by atoms with van der Waals surface area (Å²) in [5, 5.41) is 3.63. The molecule has 0 bridgehead atoms. The van der Waals surface area contributed by atoms with Crippen LogP contribution in [0.2, 0.25) is 0 Å². The van der Waals surface area contributed by atoms with Crippen molar-refractivity contribution in [2.24, 2.45) is 5.73 Å². The average molecular weight is 460 g/mol. The van der Waals surface area contributed by atoms with Crippen LogP contribution in [0.3, 0.4) is 0 Å². The molecule has 148 valence electrons. The molecule has 0 atom stereocenters. The molecule has 2 amide bonds. The third-order valence-corrected chi connectivity index (χ3v) is 5.28. The summed E-state index contributed by atoms with van der Waals surface area (Å²) in [6, 6.07) is 21.9. The van der Waals surface area contributed by atoms with Crippen LogP contribution in [0, 0.1) is 6.92 Å². The van der Waals surface area contributed by atoms with Gasteiger partial charge in [0, 0.05) is 26.7 Å². The summed E-state index contributed by atoms with van der Waals surface area (Å²) < 4.78 is 0.861. The second-order valence-electron chi connectivity index (χ2n) is 6.98. The predicted molar refractivity (Wildman–Crippen MR) is 123 cm³/mol. The number of halogens is 1. The van der Waals surface area contributed by atoms with Gasteiger partial charge in [0.1, 0.15) is 0 Å². The molecule has 0 saturated heterocycles. The Kier molecular flexibility index (Phi) is 5.33. The highest BCUT2D eigenvalue weighted by molar-refractivity contribution is 9.10. The van der Waals surface area contributed by atoms with Crippen LogP contribution in [-0.2, 0) is 0 Å². The van der Waals surface area contributed by atoms with Gasteiger partial charge in [0.2, 0.25) is 5.91 Å². The lowest BCUT2D eigenvalue weighted by atomic mass is 10.0. The summed E-state index contributed by atoms with van der Waals surface area (Å²) in [5.74, 6) is -0.777. The largest absolute Gasteiger partial charge is 0.366 e. The zero-order valence-corrected chi connectivity index (χ0v) is 17.7. The molecule has 4 aromatic rings. The van der Waals surface area contributed by atoms with Crippen LogP contribution in [0.15, 0.2) is 77.3 Å². The Balaban J connectivity index is 1.77. The minimum Gasteiger partial charge on any atom is -0.366 e. The van der Waals surface area contributed by atoms with E-state index in [1.807, 2.05) is 49.4 Å². The van der Waals surface area contributed by atoms with Gasteiger partial charge in [-0.1, -0.05) is 45.8 Å². The van der Waals surface area contributed by atoms with Crippen molar-refractivity contribution in [3.8, 4) is 11.3 Å². The number of aromatic nitrogens is 1. The van der Waals surface area contributed by atoms with Gasteiger partial charge in [-0.25, -0.2) is 4.98 Å². The van der Waals surface area contributed by atoms with Gasteiger partial charge in [-0.15, -0.1) is 0 Å². The van der Waals surface area contributed by atoms with Gasteiger partial charge in [-0.2, -0.15) is 0 Å². The number of nitrogens with zero attached hydrogens (tertiary/aromatic N) is 1. The zero-order chi connectivity index (χ0) is 21.3. The minimum atomic E-state index is -0.513. The Morgan fingerprint density at radius 3 is 2.30 bits per heavy atom. The van der Waals surface area contributed by atoms with E-state index in [0.717, 1.165) is 32.2 Å². The highest BCUT2D eigenvalue weighted by Crippen LogP contribution is 2.28. The van der Waals surface area contributed by atoms with E-state index in [1.54, 1.807) is 30.3 Å². The van der Waals surface area contributed by atoms with Gasteiger partial charge in [0.05, 0.1) is 16.8 Å². The van der Waals surface area contributed by atoms with Crippen LogP contribution < -0.4 is 11.1 Å². The van der Waals surface area contributed by atoms with Crippen LogP contribution in [0.4, 0.5) is 5.69 Å². The normalized spacial score (nSPS) is 10.7. The van der Waals surface area contributed by atoms with Crippen LogP contribution in [0.5, 0.6) is 0 Å². The molecule has 0 fully saturated rings. The molecular formula is C24H18BrN3O2. The van der Waals surface area contributed by atoms with E-state index in [9.17, 15) is 9.59 Å². The number of nitrogens with one attached hydrogen (secondary N) is 1. The first-order valence-corrected chi connectivity index (χ1v) is 10.1. The van der Waals surface area contributed by atoms with Crippen LogP contribution in [0.25, 0.3) is 22.2 Å². The number of benzene rings is 3. The number of rotatable bonds is 4. The molecule has 0 spiro atoms. The topological polar surface area (TPSA) is 85.1 Å². The standard InChI is InChI=1S/C24H18BrN3O2/c1-14-2-4-15(5-3-14)22-13-20(19-12-17(25)8-11-21(19)28-22)24(30)27-18-9-6-16(7-10-18)23(26)29/h2-13H,1H3,(H2,26,29)(H,27,30). The molecule has 5 nitrogen and oxygen atoms in total. The number of amides is 2. The third-order valence-electron chi connectivity index (χ3n) is 4.79. The zero-order valence-electron chi connectivity index (χ0n) is 16.1. The van der Waals surface area contributed by atoms with Crippen molar-refractivity contribution in [2.45, 2.75) is 6.92 Å². The fourth-order valence-corrected chi connectivity index (χ4v) is 3.54. The maximum absolute atomic E-state index is 13.1. The van der Waals surface area contributed by atoms with E-state index in [0.29, 0.717) is 16.8 Å². The first kappa shape index (κ1) is 19.8. The number of hydrogen-bond acceptors (Lipinski definition) is 3. The lowest BCUT2D eigenvalue weighted by Crippen LogP contribution is -2.14. The second kappa shape index (κ2) is 8.08. The number of aryl methyl sites for hydroxylation is 1. The fourth-order valence-electron chi connectivity index (χ4n) is 3.17. The van der Waals surface area contributed by atoms with E-state index in [2.05, 4.69) is 21.2 Å². The van der Waals surface area contributed by atoms with Gasteiger partial charge in [-0.3, -0.25) is 9.59 Å². The number of nitrogens with two attached hydrogens (primary N) is 1. The maximum Gasteiger partial charge on any atom is 0.256 e. The van der Waals surface area contributed by atoms with Gasteiger partial charge >= 0.3 is 0 Å². The van der Waals surface area contributed by atoms with Gasteiger partial charge in [0.25, 0.3) is 5.91 Å².